The maximum atomic E-state index is 14.1. The number of amides is 1. The Hall–Kier alpha value is -4.48. The Kier molecular flexibility index (Phi) is 7.77. The van der Waals surface area contributed by atoms with Gasteiger partial charge in [-0.1, -0.05) is 19.1 Å². The largest absolute Gasteiger partial charge is 0.416 e. The number of halogens is 3. The first-order valence-corrected chi connectivity index (χ1v) is 14.6. The summed E-state index contributed by atoms with van der Waals surface area (Å²) < 4.78 is 44.0. The average molecular weight is 603 g/mol. The van der Waals surface area contributed by atoms with Crippen LogP contribution in [0.2, 0.25) is 0 Å². The molecule has 0 unspecified atom stereocenters. The second kappa shape index (κ2) is 11.5. The molecular formula is C33H33F3N6O2. The lowest BCUT2D eigenvalue weighted by atomic mass is 9.99. The molecule has 3 aromatic heterocycles. The standard InChI is InChI=1S/C33H33F3N6O2/c1-4-41-11-13-42(14-12-41)19-22-7-6-21(16-28(22)33(34,35)36)31(43)39-24-8-5-20(2)26(17-24)27-15-23-18-38-30-25(9-10-37-30)29(23)40(3)32(27)44/h5-10,15-18H,4,11-14,19H2,1-3H3,(H,37,38)(H,39,43). The van der Waals surface area contributed by atoms with Gasteiger partial charge in [0.1, 0.15) is 5.65 Å². The van der Waals surface area contributed by atoms with Gasteiger partial charge in [-0.3, -0.25) is 14.5 Å². The molecule has 0 aliphatic carbocycles. The summed E-state index contributed by atoms with van der Waals surface area (Å²) in [4.78, 5) is 38.5. The summed E-state index contributed by atoms with van der Waals surface area (Å²) in [5, 5.41) is 4.33. The van der Waals surface area contributed by atoms with E-state index in [9.17, 15) is 22.8 Å². The van der Waals surface area contributed by atoms with Gasteiger partial charge in [-0.05, 0) is 66.6 Å². The normalized spacial score (nSPS) is 14.9. The SMILES string of the molecule is CCN1CCN(Cc2ccc(C(=O)Nc3ccc(C)c(-c4cc5cnc6[nH]ccc6c5n(C)c4=O)c3)cc2C(F)(F)F)CC1. The third-order valence-electron chi connectivity index (χ3n) is 8.53. The summed E-state index contributed by atoms with van der Waals surface area (Å²) in [6, 6.07) is 12.5. The van der Waals surface area contributed by atoms with Crippen LogP contribution in [0.5, 0.6) is 0 Å². The summed E-state index contributed by atoms with van der Waals surface area (Å²) in [6.07, 6.45) is -1.14. The highest BCUT2D eigenvalue weighted by atomic mass is 19.4. The van der Waals surface area contributed by atoms with Gasteiger partial charge in [0.15, 0.2) is 0 Å². The number of alkyl halides is 3. The number of likely N-dealkylation sites (N-methyl/N-ethyl adjacent to an activating group) is 1. The van der Waals surface area contributed by atoms with Crippen molar-refractivity contribution in [2.75, 3.05) is 38.0 Å². The van der Waals surface area contributed by atoms with Crippen molar-refractivity contribution in [3.8, 4) is 11.1 Å². The molecule has 5 aromatic rings. The fraction of sp³-hybridized carbons (Fsp3) is 0.303. The molecule has 44 heavy (non-hydrogen) atoms. The Morgan fingerprint density at radius 2 is 1.75 bits per heavy atom. The number of pyridine rings is 2. The van der Waals surface area contributed by atoms with Gasteiger partial charge in [-0.2, -0.15) is 13.2 Å². The minimum atomic E-state index is -4.61. The number of nitrogens with one attached hydrogen (secondary N) is 2. The Labute approximate surface area is 252 Å². The maximum Gasteiger partial charge on any atom is 0.416 e. The fourth-order valence-corrected chi connectivity index (χ4v) is 6.00. The molecule has 1 saturated heterocycles. The van der Waals surface area contributed by atoms with Crippen molar-refractivity contribution in [3.05, 3.63) is 93.5 Å². The molecular weight excluding hydrogens is 569 g/mol. The lowest BCUT2D eigenvalue weighted by Gasteiger charge is -2.34. The van der Waals surface area contributed by atoms with E-state index in [1.54, 1.807) is 48.3 Å². The van der Waals surface area contributed by atoms with Crippen LogP contribution < -0.4 is 10.9 Å². The molecule has 0 spiro atoms. The molecule has 1 amide bonds. The molecule has 4 heterocycles. The molecule has 228 valence electrons. The van der Waals surface area contributed by atoms with Crippen molar-refractivity contribution in [2.24, 2.45) is 7.05 Å². The number of fused-ring (bicyclic) bond motifs is 3. The van der Waals surface area contributed by atoms with Gasteiger partial charge < -0.3 is 19.8 Å². The minimum absolute atomic E-state index is 0.0952. The number of aryl methyl sites for hydroxylation is 2. The number of rotatable bonds is 6. The maximum absolute atomic E-state index is 14.1. The molecule has 11 heteroatoms. The number of aromatic nitrogens is 3. The highest BCUT2D eigenvalue weighted by Gasteiger charge is 2.34. The number of anilines is 1. The Balaban J connectivity index is 1.28. The van der Waals surface area contributed by atoms with E-state index in [2.05, 4.69) is 27.1 Å². The zero-order valence-electron chi connectivity index (χ0n) is 24.8. The molecule has 0 bridgehead atoms. The van der Waals surface area contributed by atoms with Crippen LogP contribution in [0.25, 0.3) is 33.1 Å². The van der Waals surface area contributed by atoms with Crippen LogP contribution in [-0.4, -0.2) is 63.0 Å². The predicted octanol–water partition coefficient (Wildman–Crippen LogP) is 5.80. The van der Waals surface area contributed by atoms with E-state index < -0.39 is 17.6 Å². The van der Waals surface area contributed by atoms with E-state index in [1.165, 1.54) is 12.1 Å². The van der Waals surface area contributed by atoms with Crippen LogP contribution in [0, 0.1) is 6.92 Å². The smallest absolute Gasteiger partial charge is 0.346 e. The summed E-state index contributed by atoms with van der Waals surface area (Å²) in [5.74, 6) is -0.668. The summed E-state index contributed by atoms with van der Waals surface area (Å²) in [5.41, 5.74) is 2.65. The lowest BCUT2D eigenvalue weighted by molar-refractivity contribution is -0.138. The van der Waals surface area contributed by atoms with Crippen LogP contribution in [0.3, 0.4) is 0 Å². The number of aromatic amines is 1. The first-order valence-electron chi connectivity index (χ1n) is 14.6. The number of benzene rings is 2. The van der Waals surface area contributed by atoms with Crippen LogP contribution in [-0.2, 0) is 19.8 Å². The Morgan fingerprint density at radius 1 is 1.00 bits per heavy atom. The van der Waals surface area contributed by atoms with Gasteiger partial charge in [0.25, 0.3) is 11.5 Å². The van der Waals surface area contributed by atoms with Gasteiger partial charge in [-0.15, -0.1) is 0 Å². The first kappa shape index (κ1) is 29.6. The quantitative estimate of drug-likeness (QED) is 0.257. The van der Waals surface area contributed by atoms with Crippen molar-refractivity contribution in [1.82, 2.24) is 24.3 Å². The van der Waals surface area contributed by atoms with E-state index in [0.717, 1.165) is 47.6 Å². The van der Waals surface area contributed by atoms with Gasteiger partial charge in [0, 0.05) is 79.8 Å². The average Bonchev–Trinajstić information content (AvgIpc) is 3.49. The van der Waals surface area contributed by atoms with Gasteiger partial charge in [0.05, 0.1) is 11.1 Å². The number of piperazine rings is 1. The summed E-state index contributed by atoms with van der Waals surface area (Å²) in [6.45, 7) is 8.03. The minimum Gasteiger partial charge on any atom is -0.346 e. The van der Waals surface area contributed by atoms with Gasteiger partial charge >= 0.3 is 6.18 Å². The third kappa shape index (κ3) is 5.60. The first-order chi connectivity index (χ1) is 21.0. The second-order valence-corrected chi connectivity index (χ2v) is 11.3. The number of hydrogen-bond donors (Lipinski definition) is 2. The van der Waals surface area contributed by atoms with Crippen LogP contribution >= 0.6 is 0 Å². The van der Waals surface area contributed by atoms with Crippen molar-refractivity contribution >= 4 is 33.5 Å². The topological polar surface area (TPSA) is 86.3 Å². The molecule has 1 aliphatic rings. The molecule has 0 saturated carbocycles. The molecule has 0 radical (unpaired) electrons. The summed E-state index contributed by atoms with van der Waals surface area (Å²) >= 11 is 0. The van der Waals surface area contributed by atoms with Crippen LogP contribution in [0.1, 0.15) is 34.0 Å². The highest BCUT2D eigenvalue weighted by Crippen LogP contribution is 2.34. The molecule has 2 N–H and O–H groups in total. The Bertz CT molecular complexity index is 1940. The molecule has 2 aromatic carbocycles. The lowest BCUT2D eigenvalue weighted by Crippen LogP contribution is -2.45. The van der Waals surface area contributed by atoms with E-state index in [0.29, 0.717) is 35.6 Å². The van der Waals surface area contributed by atoms with Crippen LogP contribution in [0.15, 0.2) is 65.7 Å². The van der Waals surface area contributed by atoms with E-state index >= 15 is 0 Å². The molecule has 8 nitrogen and oxygen atoms in total. The van der Waals surface area contributed by atoms with Crippen molar-refractivity contribution in [1.29, 1.82) is 0 Å². The molecule has 1 aliphatic heterocycles. The highest BCUT2D eigenvalue weighted by molar-refractivity contribution is 6.05. The van der Waals surface area contributed by atoms with Gasteiger partial charge in [-0.25, -0.2) is 4.98 Å². The zero-order chi connectivity index (χ0) is 31.2. The van der Waals surface area contributed by atoms with Crippen molar-refractivity contribution in [2.45, 2.75) is 26.6 Å². The zero-order valence-corrected chi connectivity index (χ0v) is 24.8. The monoisotopic (exact) mass is 602 g/mol. The van der Waals surface area contributed by atoms with E-state index in [-0.39, 0.29) is 23.2 Å². The van der Waals surface area contributed by atoms with E-state index in [1.807, 2.05) is 17.9 Å². The molecule has 1 fully saturated rings. The number of hydrogen-bond acceptors (Lipinski definition) is 5. The number of carbonyl (C=O) groups excluding carboxylic acids is 1. The fourth-order valence-electron chi connectivity index (χ4n) is 6.00. The molecule has 0 atom stereocenters. The number of H-pyrrole nitrogens is 1. The van der Waals surface area contributed by atoms with Crippen LogP contribution in [0.4, 0.5) is 18.9 Å². The second-order valence-electron chi connectivity index (χ2n) is 11.3. The molecule has 6 rings (SSSR count). The number of carbonyl (C=O) groups is 1. The predicted molar refractivity (Wildman–Crippen MR) is 166 cm³/mol. The third-order valence-corrected chi connectivity index (χ3v) is 8.53. The van der Waals surface area contributed by atoms with Gasteiger partial charge in [0.2, 0.25) is 0 Å². The van der Waals surface area contributed by atoms with E-state index in [4.69, 9.17) is 0 Å². The summed E-state index contributed by atoms with van der Waals surface area (Å²) in [7, 11) is 1.70. The van der Waals surface area contributed by atoms with Crippen molar-refractivity contribution < 1.29 is 18.0 Å². The Morgan fingerprint density at radius 3 is 2.48 bits per heavy atom. The van der Waals surface area contributed by atoms with Crippen molar-refractivity contribution in [3.63, 3.8) is 0 Å². The number of nitrogens with zero attached hydrogens (tertiary/aromatic N) is 4.